The van der Waals surface area contributed by atoms with Gasteiger partial charge in [-0.1, -0.05) is 38.0 Å². The summed E-state index contributed by atoms with van der Waals surface area (Å²) in [6.45, 7) is 23.8. The van der Waals surface area contributed by atoms with Crippen molar-refractivity contribution < 1.29 is 9.59 Å². The van der Waals surface area contributed by atoms with E-state index in [0.717, 1.165) is 28.4 Å². The molecule has 0 saturated heterocycles. The maximum Gasteiger partial charge on any atom is 0.265 e. The first-order valence-electron chi connectivity index (χ1n) is 11.3. The molecule has 33 heavy (non-hydrogen) atoms. The van der Waals surface area contributed by atoms with Crippen LogP contribution in [0.1, 0.15) is 90.9 Å². The van der Waals surface area contributed by atoms with Crippen molar-refractivity contribution in [2.24, 2.45) is 5.10 Å². The quantitative estimate of drug-likeness (QED) is 0.505. The van der Waals surface area contributed by atoms with Crippen LogP contribution in [0.4, 0.5) is 5.82 Å². The zero-order valence-corrected chi connectivity index (χ0v) is 22.1. The molecule has 0 bridgehead atoms. The molecular formula is C26H40N5O2+. The van der Waals surface area contributed by atoms with Gasteiger partial charge in [0, 0.05) is 23.2 Å². The van der Waals surface area contributed by atoms with Gasteiger partial charge < -0.3 is 10.6 Å². The van der Waals surface area contributed by atoms with Crippen molar-refractivity contribution in [3.63, 3.8) is 0 Å². The van der Waals surface area contributed by atoms with Crippen LogP contribution in [-0.4, -0.2) is 41.6 Å². The van der Waals surface area contributed by atoms with Crippen LogP contribution in [0.15, 0.2) is 34.6 Å². The van der Waals surface area contributed by atoms with Gasteiger partial charge in [0.1, 0.15) is 18.3 Å². The van der Waals surface area contributed by atoms with Crippen molar-refractivity contribution in [1.82, 2.24) is 20.2 Å². The number of amides is 2. The number of aromatic nitrogens is 1. The van der Waals surface area contributed by atoms with E-state index in [1.165, 1.54) is 0 Å². The van der Waals surface area contributed by atoms with Crippen molar-refractivity contribution in [2.45, 2.75) is 80.2 Å². The molecule has 2 amide bonds. The molecule has 0 aliphatic carbocycles. The molecule has 0 aromatic carbocycles. The van der Waals surface area contributed by atoms with Crippen LogP contribution in [0.5, 0.6) is 0 Å². The lowest BCUT2D eigenvalue weighted by atomic mass is 9.89. The standard InChI is InChI=1S/C26H39N5O2/c1-15(2)19(24(33)28-16(3)4)14-27-23(32)18-13-20(25(6,7)8)29-22-21(18)17(5)30-31(22,12)26(9,10)11/h13H,3,14H2,1-2,4-12H3,(H-,27,28,32,33)/p+1. The minimum atomic E-state index is -0.257. The zero-order valence-electron chi connectivity index (χ0n) is 22.1. The van der Waals surface area contributed by atoms with E-state index in [1.54, 1.807) is 6.92 Å². The highest BCUT2D eigenvalue weighted by atomic mass is 16.2. The molecule has 2 heterocycles. The summed E-state index contributed by atoms with van der Waals surface area (Å²) >= 11 is 0. The van der Waals surface area contributed by atoms with Crippen molar-refractivity contribution in [3.8, 4) is 0 Å². The number of quaternary nitrogens is 1. The molecule has 2 rings (SSSR count). The lowest BCUT2D eigenvalue weighted by Gasteiger charge is -2.36. The van der Waals surface area contributed by atoms with E-state index in [2.05, 4.69) is 58.8 Å². The largest absolute Gasteiger partial charge is 0.348 e. The van der Waals surface area contributed by atoms with Crippen LogP contribution < -0.4 is 15.2 Å². The summed E-state index contributed by atoms with van der Waals surface area (Å²) in [7, 11) is 2.03. The number of carbonyl (C=O) groups excluding carboxylic acids is 2. The van der Waals surface area contributed by atoms with Crippen molar-refractivity contribution >= 4 is 23.3 Å². The minimum Gasteiger partial charge on any atom is -0.348 e. The van der Waals surface area contributed by atoms with Gasteiger partial charge in [-0.3, -0.25) is 9.59 Å². The monoisotopic (exact) mass is 454 g/mol. The number of nitrogens with zero attached hydrogens (tertiary/aromatic N) is 3. The molecule has 7 heteroatoms. The summed E-state index contributed by atoms with van der Waals surface area (Å²) < 4.78 is 0.263. The molecular weight excluding hydrogens is 414 g/mol. The molecule has 0 saturated carbocycles. The molecule has 180 valence electrons. The molecule has 0 fully saturated rings. The van der Waals surface area contributed by atoms with Gasteiger partial charge in [0.2, 0.25) is 0 Å². The Hall–Kier alpha value is -2.80. The number of hydrogen-bond donors (Lipinski definition) is 2. The molecule has 1 unspecified atom stereocenters. The SMILES string of the molecule is C=C(C)NC(=O)C(CNC(=O)c1cc(C(C)(C)C)nc2c1C(C)=N[N+]2(C)C(C)(C)C)=C(C)C. The highest BCUT2D eigenvalue weighted by molar-refractivity contribution is 6.14. The molecule has 1 aliphatic heterocycles. The van der Waals surface area contributed by atoms with Gasteiger partial charge in [0.15, 0.2) is 0 Å². The Morgan fingerprint density at radius 1 is 1.09 bits per heavy atom. The lowest BCUT2D eigenvalue weighted by molar-refractivity contribution is -0.116. The average molecular weight is 455 g/mol. The van der Waals surface area contributed by atoms with Crippen molar-refractivity contribution in [2.75, 3.05) is 13.6 Å². The van der Waals surface area contributed by atoms with E-state index in [1.807, 2.05) is 33.9 Å². The summed E-state index contributed by atoms with van der Waals surface area (Å²) in [5.41, 5.74) is 4.30. The molecule has 0 spiro atoms. The van der Waals surface area contributed by atoms with E-state index in [9.17, 15) is 9.59 Å². The van der Waals surface area contributed by atoms with Crippen LogP contribution in [0.2, 0.25) is 0 Å². The van der Waals surface area contributed by atoms with Crippen molar-refractivity contribution in [3.05, 3.63) is 46.3 Å². The highest BCUT2D eigenvalue weighted by Gasteiger charge is 2.49. The smallest absolute Gasteiger partial charge is 0.265 e. The van der Waals surface area contributed by atoms with Gasteiger partial charge >= 0.3 is 0 Å². The van der Waals surface area contributed by atoms with Gasteiger partial charge in [0.05, 0.1) is 16.8 Å². The molecule has 2 N–H and O–H groups in total. The third kappa shape index (κ3) is 5.24. The van der Waals surface area contributed by atoms with Gasteiger partial charge in [-0.2, -0.15) is 4.98 Å². The van der Waals surface area contributed by atoms with E-state index in [0.29, 0.717) is 16.8 Å². The third-order valence-electron chi connectivity index (χ3n) is 6.07. The molecule has 1 aliphatic rings. The number of allylic oxidation sites excluding steroid dienone is 2. The predicted octanol–water partition coefficient (Wildman–Crippen LogP) is 4.57. The van der Waals surface area contributed by atoms with Crippen LogP contribution in [0.3, 0.4) is 0 Å². The van der Waals surface area contributed by atoms with Crippen LogP contribution in [-0.2, 0) is 10.2 Å². The molecule has 7 nitrogen and oxygen atoms in total. The van der Waals surface area contributed by atoms with E-state index in [4.69, 9.17) is 10.1 Å². The Kier molecular flexibility index (Phi) is 7.10. The van der Waals surface area contributed by atoms with Crippen LogP contribution in [0.25, 0.3) is 0 Å². The Morgan fingerprint density at radius 2 is 1.67 bits per heavy atom. The van der Waals surface area contributed by atoms with Crippen molar-refractivity contribution in [1.29, 1.82) is 0 Å². The molecule has 1 aromatic heterocycles. The normalized spacial score (nSPS) is 17.7. The second kappa shape index (κ2) is 8.86. The fourth-order valence-corrected chi connectivity index (χ4v) is 3.65. The third-order valence-corrected chi connectivity index (χ3v) is 6.07. The topological polar surface area (TPSA) is 83.5 Å². The van der Waals surface area contributed by atoms with Crippen LogP contribution in [0, 0.1) is 0 Å². The number of hydrogen-bond acceptors (Lipinski definition) is 4. The number of fused-ring (bicyclic) bond motifs is 1. The van der Waals surface area contributed by atoms with E-state index in [-0.39, 0.29) is 33.9 Å². The lowest BCUT2D eigenvalue weighted by Crippen LogP contribution is -2.54. The second-order valence-corrected chi connectivity index (χ2v) is 11.2. The number of rotatable bonds is 5. The predicted molar refractivity (Wildman–Crippen MR) is 136 cm³/mol. The first-order chi connectivity index (χ1) is 14.9. The maximum atomic E-state index is 13.5. The summed E-state index contributed by atoms with van der Waals surface area (Å²) in [4.78, 5) is 31.1. The molecule has 0 radical (unpaired) electrons. The Bertz CT molecular complexity index is 1060. The number of carbonyl (C=O) groups is 2. The van der Waals surface area contributed by atoms with Crippen LogP contribution >= 0.6 is 0 Å². The summed E-state index contributed by atoms with van der Waals surface area (Å²) in [6.07, 6.45) is 0. The van der Waals surface area contributed by atoms with Gasteiger partial charge in [0.25, 0.3) is 17.6 Å². The Morgan fingerprint density at radius 3 is 2.12 bits per heavy atom. The summed E-state index contributed by atoms with van der Waals surface area (Å²) in [5.74, 6) is 0.269. The average Bonchev–Trinajstić information content (AvgIpc) is 2.91. The Balaban J connectivity index is 2.56. The summed E-state index contributed by atoms with van der Waals surface area (Å²) in [5, 5.41) is 10.6. The van der Waals surface area contributed by atoms with Gasteiger partial charge in [-0.15, -0.1) is 4.59 Å². The highest BCUT2D eigenvalue weighted by Crippen LogP contribution is 2.41. The Labute approximate surface area is 198 Å². The number of nitrogens with one attached hydrogen (secondary N) is 2. The van der Waals surface area contributed by atoms with Gasteiger partial charge in [-0.05, 0) is 54.5 Å². The number of pyridine rings is 1. The van der Waals surface area contributed by atoms with E-state index < -0.39 is 0 Å². The van der Waals surface area contributed by atoms with E-state index >= 15 is 0 Å². The first-order valence-corrected chi connectivity index (χ1v) is 11.3. The second-order valence-electron chi connectivity index (χ2n) is 11.2. The fourth-order valence-electron chi connectivity index (χ4n) is 3.65. The molecule has 1 aromatic rings. The summed E-state index contributed by atoms with van der Waals surface area (Å²) in [6, 6.07) is 1.86. The first kappa shape index (κ1) is 26.5. The molecule has 1 atom stereocenters. The minimum absolute atomic E-state index is 0.115. The van der Waals surface area contributed by atoms with Gasteiger partial charge in [-0.25, -0.2) is 0 Å². The fraction of sp³-hybridized carbons (Fsp3) is 0.538. The zero-order chi connectivity index (χ0) is 25.5. The maximum absolute atomic E-state index is 13.5.